The first-order valence-corrected chi connectivity index (χ1v) is 8.50. The van der Waals surface area contributed by atoms with Gasteiger partial charge in [-0.25, -0.2) is 13.1 Å². The highest BCUT2D eigenvalue weighted by molar-refractivity contribution is 7.89. The lowest BCUT2D eigenvalue weighted by Gasteiger charge is -2.12. The van der Waals surface area contributed by atoms with E-state index < -0.39 is 10.0 Å². The lowest BCUT2D eigenvalue weighted by atomic mass is 10.2. The SMILES string of the molecule is CCNS(=O)(=O)c1ccc(OC)c(NC(=O)c2ccccc2)c1. The van der Waals surface area contributed by atoms with Crippen molar-refractivity contribution in [2.45, 2.75) is 11.8 Å². The highest BCUT2D eigenvalue weighted by Gasteiger charge is 2.17. The summed E-state index contributed by atoms with van der Waals surface area (Å²) in [5.41, 5.74) is 0.759. The van der Waals surface area contributed by atoms with Gasteiger partial charge in [0, 0.05) is 12.1 Å². The minimum atomic E-state index is -3.62. The summed E-state index contributed by atoms with van der Waals surface area (Å²) in [6.07, 6.45) is 0. The molecule has 2 N–H and O–H groups in total. The van der Waals surface area contributed by atoms with Crippen LogP contribution in [0.5, 0.6) is 5.75 Å². The average Bonchev–Trinajstić information content (AvgIpc) is 2.55. The van der Waals surface area contributed by atoms with E-state index in [0.29, 0.717) is 17.0 Å². The molecule has 0 fully saturated rings. The van der Waals surface area contributed by atoms with E-state index in [0.717, 1.165) is 0 Å². The standard InChI is InChI=1S/C16H18N2O4S/c1-3-17-23(20,21)13-9-10-15(22-2)14(11-13)18-16(19)12-7-5-4-6-8-12/h4-11,17H,3H2,1-2H3,(H,18,19). The van der Waals surface area contributed by atoms with E-state index in [2.05, 4.69) is 10.0 Å². The van der Waals surface area contributed by atoms with Crippen molar-refractivity contribution in [1.82, 2.24) is 4.72 Å². The molecule has 2 aromatic rings. The normalized spacial score (nSPS) is 11.0. The summed E-state index contributed by atoms with van der Waals surface area (Å²) >= 11 is 0. The summed E-state index contributed by atoms with van der Waals surface area (Å²) in [5, 5.41) is 2.68. The molecule has 6 nitrogen and oxygen atoms in total. The molecule has 2 aromatic carbocycles. The van der Waals surface area contributed by atoms with Crippen LogP contribution < -0.4 is 14.8 Å². The number of hydrogen-bond acceptors (Lipinski definition) is 4. The summed E-state index contributed by atoms with van der Waals surface area (Å²) in [5.74, 6) is 0.0339. The summed E-state index contributed by atoms with van der Waals surface area (Å²) < 4.78 is 31.7. The Morgan fingerprint density at radius 1 is 1.13 bits per heavy atom. The molecule has 0 unspecified atom stereocenters. The van der Waals surface area contributed by atoms with Gasteiger partial charge in [0.15, 0.2) is 0 Å². The Labute approximate surface area is 135 Å². The Kier molecular flexibility index (Phi) is 5.36. The molecule has 0 saturated heterocycles. The second-order valence-corrected chi connectivity index (χ2v) is 6.45. The first-order valence-electron chi connectivity index (χ1n) is 7.02. The molecular formula is C16H18N2O4S. The largest absolute Gasteiger partial charge is 0.495 e. The number of ether oxygens (including phenoxy) is 1. The smallest absolute Gasteiger partial charge is 0.255 e. The molecule has 0 aromatic heterocycles. The Balaban J connectivity index is 2.35. The predicted octanol–water partition coefficient (Wildman–Crippen LogP) is 2.25. The Morgan fingerprint density at radius 3 is 2.43 bits per heavy atom. The fourth-order valence-electron chi connectivity index (χ4n) is 2.01. The molecule has 122 valence electrons. The van der Waals surface area contributed by atoms with Crippen molar-refractivity contribution >= 4 is 21.6 Å². The molecule has 0 aliphatic rings. The molecule has 1 amide bonds. The molecule has 0 spiro atoms. The number of anilines is 1. The topological polar surface area (TPSA) is 84.5 Å². The van der Waals surface area contributed by atoms with Crippen LogP contribution in [0, 0.1) is 0 Å². The molecular weight excluding hydrogens is 316 g/mol. The molecule has 0 radical (unpaired) electrons. The van der Waals surface area contributed by atoms with Gasteiger partial charge in [-0.2, -0.15) is 0 Å². The van der Waals surface area contributed by atoms with Gasteiger partial charge in [-0.15, -0.1) is 0 Å². The second-order valence-electron chi connectivity index (χ2n) is 4.68. The molecule has 2 rings (SSSR count). The van der Waals surface area contributed by atoms with Crippen LogP contribution in [0.2, 0.25) is 0 Å². The monoisotopic (exact) mass is 334 g/mol. The highest BCUT2D eigenvalue weighted by atomic mass is 32.2. The van der Waals surface area contributed by atoms with Gasteiger partial charge in [0.1, 0.15) is 5.75 Å². The Morgan fingerprint density at radius 2 is 1.83 bits per heavy atom. The predicted molar refractivity (Wildman–Crippen MR) is 88.3 cm³/mol. The fraction of sp³-hybridized carbons (Fsp3) is 0.188. The van der Waals surface area contributed by atoms with Crippen molar-refractivity contribution in [2.75, 3.05) is 19.0 Å². The zero-order chi connectivity index (χ0) is 16.9. The number of hydrogen-bond donors (Lipinski definition) is 2. The van der Waals surface area contributed by atoms with E-state index >= 15 is 0 Å². The van der Waals surface area contributed by atoms with E-state index in [-0.39, 0.29) is 17.3 Å². The maximum atomic E-state index is 12.2. The number of sulfonamides is 1. The van der Waals surface area contributed by atoms with Crippen LogP contribution in [0.25, 0.3) is 0 Å². The minimum Gasteiger partial charge on any atom is -0.495 e. The van der Waals surface area contributed by atoms with Crippen LogP contribution in [-0.2, 0) is 10.0 Å². The third kappa shape index (κ3) is 4.08. The van der Waals surface area contributed by atoms with Crippen LogP contribution in [0.15, 0.2) is 53.4 Å². The molecule has 0 aliphatic heterocycles. The number of benzene rings is 2. The van der Waals surface area contributed by atoms with Crippen molar-refractivity contribution in [3.05, 3.63) is 54.1 Å². The van der Waals surface area contributed by atoms with E-state index in [9.17, 15) is 13.2 Å². The number of carbonyl (C=O) groups excluding carboxylic acids is 1. The van der Waals surface area contributed by atoms with Crippen LogP contribution in [0.4, 0.5) is 5.69 Å². The molecule has 0 heterocycles. The fourth-order valence-corrected chi connectivity index (χ4v) is 3.08. The van der Waals surface area contributed by atoms with Gasteiger partial charge in [0.2, 0.25) is 10.0 Å². The summed E-state index contributed by atoms with van der Waals surface area (Å²) in [7, 11) is -2.16. The number of amides is 1. The number of methoxy groups -OCH3 is 1. The molecule has 0 saturated carbocycles. The van der Waals surface area contributed by atoms with E-state index in [1.165, 1.54) is 25.3 Å². The van der Waals surface area contributed by atoms with Crippen molar-refractivity contribution in [3.63, 3.8) is 0 Å². The van der Waals surface area contributed by atoms with Crippen LogP contribution in [0.3, 0.4) is 0 Å². The lowest BCUT2D eigenvalue weighted by Crippen LogP contribution is -2.23. The van der Waals surface area contributed by atoms with Gasteiger partial charge < -0.3 is 10.1 Å². The lowest BCUT2D eigenvalue weighted by molar-refractivity contribution is 0.102. The quantitative estimate of drug-likeness (QED) is 0.848. The van der Waals surface area contributed by atoms with Crippen molar-refractivity contribution in [2.24, 2.45) is 0 Å². The third-order valence-corrected chi connectivity index (χ3v) is 4.64. The maximum absolute atomic E-state index is 12.2. The summed E-state index contributed by atoms with van der Waals surface area (Å²) in [6, 6.07) is 12.9. The van der Waals surface area contributed by atoms with Gasteiger partial charge in [-0.1, -0.05) is 25.1 Å². The minimum absolute atomic E-state index is 0.0588. The molecule has 0 atom stereocenters. The van der Waals surface area contributed by atoms with Crippen molar-refractivity contribution < 1.29 is 17.9 Å². The zero-order valence-electron chi connectivity index (χ0n) is 12.9. The molecule has 0 aliphatic carbocycles. The van der Waals surface area contributed by atoms with Gasteiger partial charge in [0.25, 0.3) is 5.91 Å². The van der Waals surface area contributed by atoms with Crippen molar-refractivity contribution in [3.8, 4) is 5.75 Å². The van der Waals surface area contributed by atoms with Gasteiger partial charge in [-0.05, 0) is 30.3 Å². The highest BCUT2D eigenvalue weighted by Crippen LogP contribution is 2.28. The molecule has 0 bridgehead atoms. The summed E-state index contributed by atoms with van der Waals surface area (Å²) in [4.78, 5) is 12.3. The molecule has 7 heteroatoms. The average molecular weight is 334 g/mol. The van der Waals surface area contributed by atoms with Gasteiger partial charge >= 0.3 is 0 Å². The number of rotatable bonds is 6. The van der Waals surface area contributed by atoms with Gasteiger partial charge in [-0.3, -0.25) is 4.79 Å². The van der Waals surface area contributed by atoms with Crippen molar-refractivity contribution in [1.29, 1.82) is 0 Å². The van der Waals surface area contributed by atoms with Crippen LogP contribution in [-0.4, -0.2) is 28.0 Å². The zero-order valence-corrected chi connectivity index (χ0v) is 13.7. The molecule has 23 heavy (non-hydrogen) atoms. The van der Waals surface area contributed by atoms with Gasteiger partial charge in [0.05, 0.1) is 17.7 Å². The maximum Gasteiger partial charge on any atom is 0.255 e. The summed E-state index contributed by atoms with van der Waals surface area (Å²) in [6.45, 7) is 1.97. The van der Waals surface area contributed by atoms with E-state index in [1.54, 1.807) is 37.3 Å². The first-order chi connectivity index (χ1) is 11.0. The Hall–Kier alpha value is -2.38. The first kappa shape index (κ1) is 17.0. The Bertz CT molecular complexity index is 789. The second kappa shape index (κ2) is 7.26. The van der Waals surface area contributed by atoms with E-state index in [1.807, 2.05) is 0 Å². The third-order valence-electron chi connectivity index (χ3n) is 3.10. The van der Waals surface area contributed by atoms with E-state index in [4.69, 9.17) is 4.74 Å². The van der Waals surface area contributed by atoms with Crippen LogP contribution in [0.1, 0.15) is 17.3 Å². The number of carbonyl (C=O) groups is 1. The number of nitrogens with one attached hydrogen (secondary N) is 2. The van der Waals surface area contributed by atoms with Crippen LogP contribution >= 0.6 is 0 Å².